The van der Waals surface area contributed by atoms with Gasteiger partial charge in [0.25, 0.3) is 11.8 Å². The number of carbonyl (C=O) groups is 2. The molecule has 0 fully saturated rings. The third kappa shape index (κ3) is 2.84. The van der Waals surface area contributed by atoms with Crippen molar-refractivity contribution < 1.29 is 9.59 Å². The molecular weight excluding hydrogens is 350 g/mol. The summed E-state index contributed by atoms with van der Waals surface area (Å²) < 4.78 is 0. The van der Waals surface area contributed by atoms with Crippen LogP contribution < -0.4 is 4.90 Å². The lowest BCUT2D eigenvalue weighted by Crippen LogP contribution is -2.31. The van der Waals surface area contributed by atoms with Crippen molar-refractivity contribution in [1.29, 1.82) is 0 Å². The van der Waals surface area contributed by atoms with Gasteiger partial charge >= 0.3 is 0 Å². The van der Waals surface area contributed by atoms with Crippen LogP contribution in [0, 0.1) is 6.92 Å². The van der Waals surface area contributed by atoms with Crippen molar-refractivity contribution >= 4 is 57.8 Å². The van der Waals surface area contributed by atoms with Gasteiger partial charge in [-0.05, 0) is 41.8 Å². The van der Waals surface area contributed by atoms with Crippen LogP contribution in [0.3, 0.4) is 0 Å². The molecule has 2 aromatic rings. The predicted octanol–water partition coefficient (Wildman–Crippen LogP) is 4.75. The number of amides is 2. The van der Waals surface area contributed by atoms with E-state index in [0.29, 0.717) is 21.2 Å². The average Bonchev–Trinajstić information content (AvgIpc) is 3.11. The van der Waals surface area contributed by atoms with E-state index < -0.39 is 0 Å². The fourth-order valence-corrected chi connectivity index (χ4v) is 4.23. The number of rotatable bonds is 4. The molecule has 0 aliphatic carbocycles. The molecule has 2 amide bonds. The number of anilines is 1. The lowest BCUT2D eigenvalue weighted by molar-refractivity contribution is -0.119. The average molecular weight is 364 g/mol. The van der Waals surface area contributed by atoms with Crippen molar-refractivity contribution in [1.82, 2.24) is 0 Å². The van der Waals surface area contributed by atoms with Gasteiger partial charge in [-0.25, -0.2) is 4.90 Å². The maximum atomic E-state index is 12.9. The Morgan fingerprint density at radius 1 is 1.22 bits per heavy atom. The van der Waals surface area contributed by atoms with E-state index in [1.165, 1.54) is 28.0 Å². The van der Waals surface area contributed by atoms with Gasteiger partial charge in [-0.15, -0.1) is 23.1 Å². The monoisotopic (exact) mass is 363 g/mol. The zero-order valence-electron chi connectivity index (χ0n) is 12.6. The Morgan fingerprint density at radius 3 is 2.61 bits per heavy atom. The minimum Gasteiger partial charge on any atom is -0.268 e. The second-order valence-electron chi connectivity index (χ2n) is 4.99. The lowest BCUT2D eigenvalue weighted by Gasteiger charge is -2.16. The molecule has 3 nitrogen and oxygen atoms in total. The Morgan fingerprint density at radius 2 is 2.00 bits per heavy atom. The molecule has 0 atom stereocenters. The topological polar surface area (TPSA) is 37.4 Å². The smallest absolute Gasteiger partial charge is 0.268 e. The van der Waals surface area contributed by atoms with E-state index in [1.807, 2.05) is 37.4 Å². The molecule has 0 unspecified atom stereocenters. The van der Waals surface area contributed by atoms with Crippen LogP contribution in [-0.2, 0) is 9.59 Å². The number of thioether (sulfide) groups is 1. The lowest BCUT2D eigenvalue weighted by atomic mass is 10.2. The summed E-state index contributed by atoms with van der Waals surface area (Å²) in [4.78, 5) is 28.2. The first-order chi connectivity index (χ1) is 11.0. The van der Waals surface area contributed by atoms with Gasteiger partial charge in [0.05, 0.1) is 16.2 Å². The zero-order chi connectivity index (χ0) is 16.6. The summed E-state index contributed by atoms with van der Waals surface area (Å²) in [6.45, 7) is 3.85. The molecule has 2 heterocycles. The first-order valence-corrected chi connectivity index (χ1v) is 9.34. The summed E-state index contributed by atoms with van der Waals surface area (Å²) in [5, 5.41) is 2.44. The fraction of sp³-hybridized carbons (Fsp3) is 0.176. The largest absolute Gasteiger partial charge is 0.272 e. The molecule has 1 aliphatic heterocycles. The molecular formula is C17H14ClNO2S2. The van der Waals surface area contributed by atoms with Crippen LogP contribution >= 0.6 is 34.7 Å². The third-order valence-corrected chi connectivity index (χ3v) is 5.76. The highest BCUT2D eigenvalue weighted by atomic mass is 35.5. The second kappa shape index (κ2) is 6.51. The Balaban J connectivity index is 2.08. The highest BCUT2D eigenvalue weighted by Gasteiger charge is 2.40. The number of halogens is 1. The molecule has 0 radical (unpaired) electrons. The van der Waals surface area contributed by atoms with E-state index in [1.54, 1.807) is 12.1 Å². The number of aryl methyl sites for hydroxylation is 1. The van der Waals surface area contributed by atoms with Crippen molar-refractivity contribution in [2.24, 2.45) is 0 Å². The maximum absolute atomic E-state index is 12.9. The molecule has 23 heavy (non-hydrogen) atoms. The van der Waals surface area contributed by atoms with Gasteiger partial charge in [0, 0.05) is 9.90 Å². The molecule has 3 rings (SSSR count). The Hall–Kier alpha value is -1.56. The predicted molar refractivity (Wildman–Crippen MR) is 98.1 cm³/mol. The summed E-state index contributed by atoms with van der Waals surface area (Å²) in [5.74, 6) is 0.171. The maximum Gasteiger partial charge on any atom is 0.272 e. The van der Waals surface area contributed by atoms with E-state index in [-0.39, 0.29) is 11.8 Å². The SMILES string of the molecule is CCSC1=C(c2cccs2)C(=O)N(c2ccc(C)c(Cl)c2)C1=O. The zero-order valence-corrected chi connectivity index (χ0v) is 15.0. The first kappa shape index (κ1) is 16.3. The number of hydrogen-bond donors (Lipinski definition) is 0. The van der Waals surface area contributed by atoms with Crippen molar-refractivity contribution in [2.75, 3.05) is 10.7 Å². The number of thiophene rings is 1. The van der Waals surface area contributed by atoms with Gasteiger partial charge in [0.1, 0.15) is 0 Å². The van der Waals surface area contributed by atoms with Gasteiger partial charge in [0.15, 0.2) is 0 Å². The van der Waals surface area contributed by atoms with Gasteiger partial charge in [-0.1, -0.05) is 30.7 Å². The van der Waals surface area contributed by atoms with Crippen LogP contribution in [0.1, 0.15) is 17.4 Å². The van der Waals surface area contributed by atoms with Gasteiger partial charge in [-0.2, -0.15) is 0 Å². The van der Waals surface area contributed by atoms with E-state index in [4.69, 9.17) is 11.6 Å². The van der Waals surface area contributed by atoms with Crippen LogP contribution in [-0.4, -0.2) is 17.6 Å². The second-order valence-corrected chi connectivity index (χ2v) is 7.62. The van der Waals surface area contributed by atoms with Crippen molar-refractivity contribution in [3.63, 3.8) is 0 Å². The quantitative estimate of drug-likeness (QED) is 0.736. The summed E-state index contributed by atoms with van der Waals surface area (Å²) in [7, 11) is 0. The minimum atomic E-state index is -0.284. The number of imide groups is 1. The third-order valence-electron chi connectivity index (χ3n) is 3.51. The summed E-state index contributed by atoms with van der Waals surface area (Å²) >= 11 is 9.02. The fourth-order valence-electron chi connectivity index (χ4n) is 2.38. The first-order valence-electron chi connectivity index (χ1n) is 7.10. The number of nitrogens with zero attached hydrogens (tertiary/aromatic N) is 1. The molecule has 1 aliphatic rings. The molecule has 1 aromatic heterocycles. The van der Waals surface area contributed by atoms with Crippen molar-refractivity contribution in [3.05, 3.63) is 56.1 Å². The van der Waals surface area contributed by atoms with E-state index in [9.17, 15) is 9.59 Å². The Kier molecular flexibility index (Phi) is 4.62. The normalized spacial score (nSPS) is 15.0. The number of benzene rings is 1. The van der Waals surface area contributed by atoms with Crippen LogP contribution in [0.25, 0.3) is 5.57 Å². The van der Waals surface area contributed by atoms with E-state index in [2.05, 4.69) is 0 Å². The Labute approximate surface area is 147 Å². The highest BCUT2D eigenvalue weighted by Crippen LogP contribution is 2.40. The molecule has 6 heteroatoms. The minimum absolute atomic E-state index is 0.273. The summed E-state index contributed by atoms with van der Waals surface area (Å²) in [6, 6.07) is 8.98. The van der Waals surface area contributed by atoms with Crippen molar-refractivity contribution in [3.8, 4) is 0 Å². The van der Waals surface area contributed by atoms with E-state index in [0.717, 1.165) is 16.2 Å². The summed E-state index contributed by atoms with van der Waals surface area (Å²) in [5.41, 5.74) is 1.91. The van der Waals surface area contributed by atoms with Gasteiger partial charge in [-0.3, -0.25) is 9.59 Å². The van der Waals surface area contributed by atoms with Crippen LogP contribution in [0.5, 0.6) is 0 Å². The standard InChI is InChI=1S/C17H14ClNO2S2/c1-3-22-15-14(13-5-4-8-23-13)16(20)19(17(15)21)11-7-6-10(2)12(18)9-11/h4-9H,3H2,1-2H3. The number of carbonyl (C=O) groups excluding carboxylic acids is 2. The molecule has 0 saturated heterocycles. The van der Waals surface area contributed by atoms with Crippen LogP contribution in [0.2, 0.25) is 5.02 Å². The molecule has 1 aromatic carbocycles. The molecule has 0 N–H and O–H groups in total. The van der Waals surface area contributed by atoms with Gasteiger partial charge < -0.3 is 0 Å². The summed E-state index contributed by atoms with van der Waals surface area (Å²) in [6.07, 6.45) is 0. The Bertz CT molecular complexity index is 812. The molecule has 0 saturated carbocycles. The highest BCUT2D eigenvalue weighted by molar-refractivity contribution is 8.04. The van der Waals surface area contributed by atoms with Gasteiger partial charge in [0.2, 0.25) is 0 Å². The molecule has 0 bridgehead atoms. The molecule has 118 valence electrons. The van der Waals surface area contributed by atoms with Crippen LogP contribution in [0.4, 0.5) is 5.69 Å². The number of hydrogen-bond acceptors (Lipinski definition) is 4. The van der Waals surface area contributed by atoms with E-state index >= 15 is 0 Å². The van der Waals surface area contributed by atoms with Crippen LogP contribution in [0.15, 0.2) is 40.6 Å². The van der Waals surface area contributed by atoms with Crippen molar-refractivity contribution in [2.45, 2.75) is 13.8 Å². The molecule has 0 spiro atoms.